The smallest absolute Gasteiger partial charge is 0.253 e. The summed E-state index contributed by atoms with van der Waals surface area (Å²) < 4.78 is 5.24. The minimum absolute atomic E-state index is 0.00116. The molecule has 152 valence electrons. The zero-order valence-corrected chi connectivity index (χ0v) is 17.3. The molecular weight excluding hydrogens is 356 g/mol. The zero-order chi connectivity index (χ0) is 20.5. The molecule has 0 aliphatic carbocycles. The molecular formula is C20H30N6O2. The van der Waals surface area contributed by atoms with Gasteiger partial charge in [-0.3, -0.25) is 9.79 Å². The first-order valence-corrected chi connectivity index (χ1v) is 9.48. The van der Waals surface area contributed by atoms with Crippen molar-refractivity contribution in [2.24, 2.45) is 4.99 Å². The quantitative estimate of drug-likeness (QED) is 0.410. The Hall–Kier alpha value is -2.90. The van der Waals surface area contributed by atoms with E-state index in [1.54, 1.807) is 26.0 Å². The fourth-order valence-corrected chi connectivity index (χ4v) is 2.48. The molecule has 1 aromatic heterocycles. The molecule has 0 atom stereocenters. The maximum Gasteiger partial charge on any atom is 0.253 e. The molecule has 0 aliphatic heterocycles. The van der Waals surface area contributed by atoms with Gasteiger partial charge in [-0.1, -0.05) is 31.1 Å². The monoisotopic (exact) mass is 386 g/mol. The van der Waals surface area contributed by atoms with E-state index in [1.165, 1.54) is 0 Å². The second kappa shape index (κ2) is 10.4. The first-order valence-electron chi connectivity index (χ1n) is 9.48. The molecule has 1 aromatic carbocycles. The van der Waals surface area contributed by atoms with Gasteiger partial charge >= 0.3 is 0 Å². The first-order chi connectivity index (χ1) is 13.4. The Balaban J connectivity index is 1.73. The largest absolute Gasteiger partial charge is 0.356 e. The average Bonchev–Trinajstić information content (AvgIpc) is 3.16. The van der Waals surface area contributed by atoms with E-state index in [4.69, 9.17) is 4.52 Å². The predicted molar refractivity (Wildman–Crippen MR) is 109 cm³/mol. The second-order valence-corrected chi connectivity index (χ2v) is 7.05. The van der Waals surface area contributed by atoms with Crippen LogP contribution in [0.3, 0.4) is 0 Å². The molecule has 0 saturated carbocycles. The third-order valence-corrected chi connectivity index (χ3v) is 4.15. The molecule has 0 bridgehead atoms. The van der Waals surface area contributed by atoms with Gasteiger partial charge in [0.1, 0.15) is 0 Å². The fraction of sp³-hybridized carbons (Fsp3) is 0.500. The predicted octanol–water partition coefficient (Wildman–Crippen LogP) is 2.19. The number of hydrogen-bond donors (Lipinski definition) is 2. The molecule has 0 unspecified atom stereocenters. The van der Waals surface area contributed by atoms with Crippen LogP contribution < -0.4 is 10.6 Å². The van der Waals surface area contributed by atoms with Crippen LogP contribution in [0.15, 0.2) is 33.8 Å². The standard InChI is InChI=1S/C20H30N6O2/c1-14(2)18-24-17(28-25-18)7-6-12-22-20(21-3)23-13-15-8-10-16(11-9-15)19(27)26(4)5/h8-11,14H,6-7,12-13H2,1-5H3,(H2,21,22,23). The van der Waals surface area contributed by atoms with Gasteiger partial charge in [-0.25, -0.2) is 0 Å². The number of nitrogens with one attached hydrogen (secondary N) is 2. The lowest BCUT2D eigenvalue weighted by Gasteiger charge is -2.13. The van der Waals surface area contributed by atoms with E-state index >= 15 is 0 Å². The summed E-state index contributed by atoms with van der Waals surface area (Å²) in [5.74, 6) is 2.41. The molecule has 28 heavy (non-hydrogen) atoms. The normalized spacial score (nSPS) is 11.6. The van der Waals surface area contributed by atoms with Crippen LogP contribution in [-0.4, -0.2) is 54.6 Å². The molecule has 0 saturated heterocycles. The van der Waals surface area contributed by atoms with Crippen LogP contribution in [0.1, 0.15) is 53.8 Å². The van der Waals surface area contributed by atoms with E-state index in [0.29, 0.717) is 18.0 Å². The van der Waals surface area contributed by atoms with E-state index in [2.05, 4.69) is 25.8 Å². The summed E-state index contributed by atoms with van der Waals surface area (Å²) >= 11 is 0. The molecule has 2 rings (SSSR count). The lowest BCUT2D eigenvalue weighted by atomic mass is 10.1. The fourth-order valence-electron chi connectivity index (χ4n) is 2.48. The third-order valence-electron chi connectivity index (χ3n) is 4.15. The van der Waals surface area contributed by atoms with Gasteiger partial charge in [-0.15, -0.1) is 0 Å². The Kier molecular flexibility index (Phi) is 7.98. The number of guanidine groups is 1. The molecule has 2 aromatic rings. The lowest BCUT2D eigenvalue weighted by molar-refractivity contribution is 0.0827. The van der Waals surface area contributed by atoms with Crippen molar-refractivity contribution in [3.05, 3.63) is 47.1 Å². The highest BCUT2D eigenvalue weighted by Gasteiger charge is 2.09. The Morgan fingerprint density at radius 3 is 2.50 bits per heavy atom. The maximum atomic E-state index is 11.9. The third kappa shape index (κ3) is 6.37. The summed E-state index contributed by atoms with van der Waals surface area (Å²) in [6.45, 7) is 5.45. The van der Waals surface area contributed by atoms with Gasteiger partial charge in [0.25, 0.3) is 5.91 Å². The maximum absolute atomic E-state index is 11.9. The average molecular weight is 387 g/mol. The number of rotatable bonds is 8. The SMILES string of the molecule is CN=C(NCCCc1nc(C(C)C)no1)NCc1ccc(C(=O)N(C)C)cc1. The van der Waals surface area contributed by atoms with E-state index in [-0.39, 0.29) is 11.8 Å². The lowest BCUT2D eigenvalue weighted by Crippen LogP contribution is -2.37. The summed E-state index contributed by atoms with van der Waals surface area (Å²) in [7, 11) is 5.23. The number of benzene rings is 1. The highest BCUT2D eigenvalue weighted by atomic mass is 16.5. The first kappa shape index (κ1) is 21.4. The minimum atomic E-state index is -0.00116. The van der Waals surface area contributed by atoms with Crippen LogP contribution >= 0.6 is 0 Å². The number of carbonyl (C=O) groups excluding carboxylic acids is 1. The summed E-state index contributed by atoms with van der Waals surface area (Å²) in [4.78, 5) is 22.1. The van der Waals surface area contributed by atoms with Gasteiger partial charge in [0.2, 0.25) is 5.89 Å². The molecule has 0 aliphatic rings. The van der Waals surface area contributed by atoms with Crippen LogP contribution in [0.4, 0.5) is 0 Å². The van der Waals surface area contributed by atoms with Crippen molar-refractivity contribution >= 4 is 11.9 Å². The summed E-state index contributed by atoms with van der Waals surface area (Å²) in [5.41, 5.74) is 1.75. The minimum Gasteiger partial charge on any atom is -0.356 e. The van der Waals surface area contributed by atoms with Crippen molar-refractivity contribution in [2.75, 3.05) is 27.7 Å². The van der Waals surface area contributed by atoms with Gasteiger partial charge in [-0.2, -0.15) is 4.98 Å². The van der Waals surface area contributed by atoms with Crippen molar-refractivity contribution in [1.29, 1.82) is 0 Å². The molecule has 0 radical (unpaired) electrons. The topological polar surface area (TPSA) is 95.6 Å². The van der Waals surface area contributed by atoms with Crippen molar-refractivity contribution in [2.45, 2.75) is 39.2 Å². The van der Waals surface area contributed by atoms with Gasteiger partial charge in [0, 0.05) is 52.1 Å². The Morgan fingerprint density at radius 2 is 1.93 bits per heavy atom. The van der Waals surface area contributed by atoms with Crippen LogP contribution in [0.25, 0.3) is 0 Å². The number of hydrogen-bond acceptors (Lipinski definition) is 5. The number of nitrogens with zero attached hydrogens (tertiary/aromatic N) is 4. The van der Waals surface area contributed by atoms with Crippen LogP contribution in [0.5, 0.6) is 0 Å². The van der Waals surface area contributed by atoms with Crippen molar-refractivity contribution < 1.29 is 9.32 Å². The van der Waals surface area contributed by atoms with E-state index in [0.717, 1.165) is 36.7 Å². The Morgan fingerprint density at radius 1 is 1.21 bits per heavy atom. The Bertz CT molecular complexity index is 780. The van der Waals surface area contributed by atoms with Crippen LogP contribution in [-0.2, 0) is 13.0 Å². The number of amides is 1. The van der Waals surface area contributed by atoms with Crippen LogP contribution in [0, 0.1) is 0 Å². The molecule has 2 N–H and O–H groups in total. The Labute approximate surface area is 166 Å². The van der Waals surface area contributed by atoms with Gasteiger partial charge in [0.15, 0.2) is 11.8 Å². The summed E-state index contributed by atoms with van der Waals surface area (Å²) in [6, 6.07) is 7.56. The zero-order valence-electron chi connectivity index (χ0n) is 17.3. The highest BCUT2D eigenvalue weighted by Crippen LogP contribution is 2.10. The second-order valence-electron chi connectivity index (χ2n) is 7.05. The summed E-state index contributed by atoms with van der Waals surface area (Å²) in [5, 5.41) is 10.5. The van der Waals surface area contributed by atoms with Crippen molar-refractivity contribution in [3.63, 3.8) is 0 Å². The number of aryl methyl sites for hydroxylation is 1. The highest BCUT2D eigenvalue weighted by molar-refractivity contribution is 5.93. The number of aromatic nitrogens is 2. The molecule has 8 heteroatoms. The van der Waals surface area contributed by atoms with Gasteiger partial charge in [-0.05, 0) is 24.1 Å². The van der Waals surface area contributed by atoms with Crippen LogP contribution in [0.2, 0.25) is 0 Å². The number of aliphatic imine (C=N–C) groups is 1. The van der Waals surface area contributed by atoms with Gasteiger partial charge < -0.3 is 20.1 Å². The van der Waals surface area contributed by atoms with Gasteiger partial charge in [0.05, 0.1) is 0 Å². The van der Waals surface area contributed by atoms with Crippen molar-refractivity contribution in [1.82, 2.24) is 25.7 Å². The molecule has 8 nitrogen and oxygen atoms in total. The molecule has 0 spiro atoms. The van der Waals surface area contributed by atoms with E-state index in [1.807, 2.05) is 38.1 Å². The summed E-state index contributed by atoms with van der Waals surface area (Å²) in [6.07, 6.45) is 1.59. The van der Waals surface area contributed by atoms with Crippen molar-refractivity contribution in [3.8, 4) is 0 Å². The number of carbonyl (C=O) groups is 1. The molecule has 0 fully saturated rings. The van der Waals surface area contributed by atoms with E-state index in [9.17, 15) is 4.79 Å². The molecule has 1 amide bonds. The van der Waals surface area contributed by atoms with E-state index < -0.39 is 0 Å². The molecule has 1 heterocycles.